The van der Waals surface area contributed by atoms with Gasteiger partial charge in [0, 0.05) is 0 Å². The molecular weight excluding hydrogens is 296 g/mol. The van der Waals surface area contributed by atoms with Crippen molar-refractivity contribution in [2.75, 3.05) is 6.54 Å². The van der Waals surface area contributed by atoms with Gasteiger partial charge in [-0.3, -0.25) is 14.4 Å². The molecule has 0 bridgehead atoms. The first-order valence-corrected chi connectivity index (χ1v) is 7.38. The van der Waals surface area contributed by atoms with E-state index in [0.717, 1.165) is 0 Å². The van der Waals surface area contributed by atoms with E-state index in [1.54, 1.807) is 30.3 Å². The average molecular weight is 320 g/mol. The number of nitrogens with two attached hydrogens (primary N) is 2. The molecule has 1 aromatic rings. The summed E-state index contributed by atoms with van der Waals surface area (Å²) in [6, 6.07) is 7.97. The second-order valence-corrected chi connectivity index (χ2v) is 5.89. The van der Waals surface area contributed by atoms with Gasteiger partial charge in [-0.15, -0.1) is 0 Å². The van der Waals surface area contributed by atoms with Crippen molar-refractivity contribution in [3.05, 3.63) is 35.9 Å². The fraction of sp³-hybridized carbons (Fsp3) is 0.438. The van der Waals surface area contributed by atoms with Gasteiger partial charge in [0.25, 0.3) is 0 Å². The van der Waals surface area contributed by atoms with Crippen LogP contribution in [0.2, 0.25) is 0 Å². The normalized spacial score (nSPS) is 14.7. The number of nitrogens with one attached hydrogen (secondary N) is 2. The van der Waals surface area contributed by atoms with Crippen LogP contribution in [-0.4, -0.2) is 30.3 Å². The molecule has 23 heavy (non-hydrogen) atoms. The summed E-state index contributed by atoms with van der Waals surface area (Å²) in [6.07, 6.45) is 0. The van der Waals surface area contributed by atoms with Gasteiger partial charge in [-0.2, -0.15) is 0 Å². The standard InChI is InChI=1S/C16H24N4O3/c1-10(2)13(17)14(22)19-9-12(21)20-16(3,15(18)23)11-7-5-4-6-8-11/h4-8,10,13H,9,17H2,1-3H3,(H2,18,23)(H,19,22)(H,20,21)/t13-,16?/m0/s1. The zero-order chi connectivity index (χ0) is 17.6. The van der Waals surface area contributed by atoms with Crippen LogP contribution in [0, 0.1) is 5.92 Å². The lowest BCUT2D eigenvalue weighted by Gasteiger charge is -2.28. The molecule has 7 heteroatoms. The van der Waals surface area contributed by atoms with E-state index in [4.69, 9.17) is 11.5 Å². The van der Waals surface area contributed by atoms with Crippen molar-refractivity contribution in [3.8, 4) is 0 Å². The third kappa shape index (κ3) is 4.79. The first kappa shape index (κ1) is 18.6. The SMILES string of the molecule is CC(C)[C@H](N)C(=O)NCC(=O)NC(C)(C(N)=O)c1ccccc1. The van der Waals surface area contributed by atoms with E-state index < -0.39 is 29.3 Å². The molecule has 0 heterocycles. The molecule has 1 rings (SSSR count). The summed E-state index contributed by atoms with van der Waals surface area (Å²) in [5, 5.41) is 5.01. The maximum Gasteiger partial charge on any atom is 0.247 e. The molecular formula is C16H24N4O3. The minimum atomic E-state index is -1.36. The van der Waals surface area contributed by atoms with Crippen LogP contribution in [0.15, 0.2) is 30.3 Å². The number of primary amides is 1. The lowest BCUT2D eigenvalue weighted by atomic mass is 9.91. The maximum absolute atomic E-state index is 12.1. The number of carbonyl (C=O) groups is 3. The molecule has 0 saturated heterocycles. The van der Waals surface area contributed by atoms with Gasteiger partial charge >= 0.3 is 0 Å². The first-order chi connectivity index (χ1) is 10.7. The second-order valence-electron chi connectivity index (χ2n) is 5.89. The Bertz CT molecular complexity index is 574. The Hall–Kier alpha value is -2.41. The lowest BCUT2D eigenvalue weighted by molar-refractivity contribution is -0.132. The zero-order valence-corrected chi connectivity index (χ0v) is 13.6. The van der Waals surface area contributed by atoms with Gasteiger partial charge in [0.1, 0.15) is 5.54 Å². The van der Waals surface area contributed by atoms with Crippen molar-refractivity contribution in [1.29, 1.82) is 0 Å². The van der Waals surface area contributed by atoms with E-state index in [1.165, 1.54) is 6.92 Å². The molecule has 6 N–H and O–H groups in total. The van der Waals surface area contributed by atoms with E-state index in [9.17, 15) is 14.4 Å². The Kier molecular flexibility index (Phi) is 6.27. The molecule has 0 aliphatic rings. The van der Waals surface area contributed by atoms with Crippen LogP contribution in [0.1, 0.15) is 26.3 Å². The van der Waals surface area contributed by atoms with Crippen molar-refractivity contribution in [2.24, 2.45) is 17.4 Å². The highest BCUT2D eigenvalue weighted by atomic mass is 16.2. The fourth-order valence-corrected chi connectivity index (χ4v) is 1.96. The average Bonchev–Trinajstić information content (AvgIpc) is 2.52. The fourth-order valence-electron chi connectivity index (χ4n) is 1.96. The molecule has 2 atom stereocenters. The van der Waals surface area contributed by atoms with Gasteiger partial charge in [0.2, 0.25) is 17.7 Å². The molecule has 0 aliphatic heterocycles. The molecule has 1 aromatic carbocycles. The molecule has 0 fully saturated rings. The van der Waals surface area contributed by atoms with Crippen LogP contribution in [-0.2, 0) is 19.9 Å². The molecule has 0 spiro atoms. The molecule has 0 radical (unpaired) electrons. The van der Waals surface area contributed by atoms with Crippen LogP contribution in [0.4, 0.5) is 0 Å². The summed E-state index contributed by atoms with van der Waals surface area (Å²) in [5.74, 6) is -1.68. The molecule has 126 valence electrons. The summed E-state index contributed by atoms with van der Waals surface area (Å²) in [6.45, 7) is 4.85. The third-order valence-electron chi connectivity index (χ3n) is 3.68. The Balaban J connectivity index is 2.73. The summed E-state index contributed by atoms with van der Waals surface area (Å²) in [4.78, 5) is 35.6. The monoisotopic (exact) mass is 320 g/mol. The van der Waals surface area contributed by atoms with Crippen molar-refractivity contribution < 1.29 is 14.4 Å². The lowest BCUT2D eigenvalue weighted by Crippen LogP contribution is -2.55. The van der Waals surface area contributed by atoms with Gasteiger partial charge in [-0.05, 0) is 18.4 Å². The largest absolute Gasteiger partial charge is 0.367 e. The van der Waals surface area contributed by atoms with Crippen LogP contribution in [0.25, 0.3) is 0 Å². The molecule has 1 unspecified atom stereocenters. The van der Waals surface area contributed by atoms with Gasteiger partial charge in [0.05, 0.1) is 12.6 Å². The maximum atomic E-state index is 12.1. The smallest absolute Gasteiger partial charge is 0.247 e. The van der Waals surface area contributed by atoms with E-state index >= 15 is 0 Å². The van der Waals surface area contributed by atoms with Crippen molar-refractivity contribution in [3.63, 3.8) is 0 Å². The number of carbonyl (C=O) groups excluding carboxylic acids is 3. The van der Waals surface area contributed by atoms with Gasteiger partial charge in [-0.1, -0.05) is 44.2 Å². The van der Waals surface area contributed by atoms with Crippen molar-refractivity contribution in [2.45, 2.75) is 32.4 Å². The van der Waals surface area contributed by atoms with E-state index in [2.05, 4.69) is 10.6 Å². The van der Waals surface area contributed by atoms with E-state index in [1.807, 2.05) is 13.8 Å². The highest BCUT2D eigenvalue weighted by molar-refractivity contribution is 5.93. The van der Waals surface area contributed by atoms with Gasteiger partial charge in [0.15, 0.2) is 0 Å². The molecule has 7 nitrogen and oxygen atoms in total. The summed E-state index contributed by atoms with van der Waals surface area (Å²) < 4.78 is 0. The molecule has 0 aromatic heterocycles. The molecule has 3 amide bonds. The first-order valence-electron chi connectivity index (χ1n) is 7.38. The van der Waals surface area contributed by atoms with E-state index in [-0.39, 0.29) is 12.5 Å². The van der Waals surface area contributed by atoms with Crippen LogP contribution >= 0.6 is 0 Å². The zero-order valence-electron chi connectivity index (χ0n) is 13.6. The van der Waals surface area contributed by atoms with Gasteiger partial charge < -0.3 is 22.1 Å². The summed E-state index contributed by atoms with van der Waals surface area (Å²) in [7, 11) is 0. The van der Waals surface area contributed by atoms with Crippen LogP contribution in [0.3, 0.4) is 0 Å². The van der Waals surface area contributed by atoms with Gasteiger partial charge in [-0.25, -0.2) is 0 Å². The predicted molar refractivity (Wildman–Crippen MR) is 87.0 cm³/mol. The second kappa shape index (κ2) is 7.73. The minimum absolute atomic E-state index is 0.0433. The van der Waals surface area contributed by atoms with Crippen molar-refractivity contribution >= 4 is 17.7 Å². The summed E-state index contributed by atoms with van der Waals surface area (Å²) in [5.41, 5.74) is 10.3. The number of hydrogen-bond donors (Lipinski definition) is 4. The Labute approximate surface area is 135 Å². The topological polar surface area (TPSA) is 127 Å². The number of rotatable bonds is 7. The minimum Gasteiger partial charge on any atom is -0.367 e. The molecule has 0 saturated carbocycles. The van der Waals surface area contributed by atoms with Crippen LogP contribution < -0.4 is 22.1 Å². The number of hydrogen-bond acceptors (Lipinski definition) is 4. The Morgan fingerprint density at radius 3 is 2.22 bits per heavy atom. The third-order valence-corrected chi connectivity index (χ3v) is 3.68. The van der Waals surface area contributed by atoms with Crippen molar-refractivity contribution in [1.82, 2.24) is 10.6 Å². The quantitative estimate of drug-likeness (QED) is 0.545. The Morgan fingerprint density at radius 2 is 1.74 bits per heavy atom. The van der Waals surface area contributed by atoms with E-state index in [0.29, 0.717) is 5.56 Å². The highest BCUT2D eigenvalue weighted by Crippen LogP contribution is 2.19. The number of amides is 3. The highest BCUT2D eigenvalue weighted by Gasteiger charge is 2.34. The molecule has 0 aliphatic carbocycles. The van der Waals surface area contributed by atoms with Crippen LogP contribution in [0.5, 0.6) is 0 Å². The summed E-state index contributed by atoms with van der Waals surface area (Å²) >= 11 is 0. The number of benzene rings is 1. The Morgan fingerprint density at radius 1 is 1.17 bits per heavy atom. The predicted octanol–water partition coefficient (Wildman–Crippen LogP) is -0.397.